The first kappa shape index (κ1) is 18.0. The Morgan fingerprint density at radius 1 is 1.30 bits per heavy atom. The van der Waals surface area contributed by atoms with Gasteiger partial charge in [-0.25, -0.2) is 0 Å². The van der Waals surface area contributed by atoms with E-state index in [9.17, 15) is 13.2 Å². The standard InChI is InChI=1S/C15H20F3NO4/c1-20-14(21-2)6-7-22-10-13(14)19-9-11-4-3-5-12(8-11)23-15(16,17)18/h3-5,8,13,19H,6-7,9-10H2,1-2H3. The van der Waals surface area contributed by atoms with E-state index in [2.05, 4.69) is 10.1 Å². The van der Waals surface area contributed by atoms with Crippen molar-refractivity contribution in [3.63, 3.8) is 0 Å². The molecule has 0 aromatic heterocycles. The molecular weight excluding hydrogens is 315 g/mol. The lowest BCUT2D eigenvalue weighted by Crippen LogP contribution is -2.58. The Labute approximate surface area is 132 Å². The zero-order chi connectivity index (χ0) is 16.9. The Balaban J connectivity index is 2.01. The van der Waals surface area contributed by atoms with Crippen LogP contribution in [0, 0.1) is 0 Å². The molecule has 8 heteroatoms. The minimum Gasteiger partial charge on any atom is -0.406 e. The van der Waals surface area contributed by atoms with E-state index < -0.39 is 12.1 Å². The molecule has 0 saturated carbocycles. The molecule has 1 aromatic rings. The molecular formula is C15H20F3NO4. The van der Waals surface area contributed by atoms with Crippen molar-refractivity contribution in [2.75, 3.05) is 27.4 Å². The lowest BCUT2D eigenvalue weighted by Gasteiger charge is -2.41. The molecule has 0 bridgehead atoms. The molecule has 1 aromatic carbocycles. The summed E-state index contributed by atoms with van der Waals surface area (Å²) >= 11 is 0. The Hall–Kier alpha value is -1.35. The quantitative estimate of drug-likeness (QED) is 0.810. The van der Waals surface area contributed by atoms with E-state index in [1.165, 1.54) is 18.2 Å². The van der Waals surface area contributed by atoms with Gasteiger partial charge in [-0.05, 0) is 17.7 Å². The van der Waals surface area contributed by atoms with E-state index in [0.29, 0.717) is 31.7 Å². The molecule has 1 aliphatic heterocycles. The average molecular weight is 335 g/mol. The lowest BCUT2D eigenvalue weighted by molar-refractivity contribution is -0.274. The summed E-state index contributed by atoms with van der Waals surface area (Å²) in [5.74, 6) is -1.06. The highest BCUT2D eigenvalue weighted by molar-refractivity contribution is 5.28. The van der Waals surface area contributed by atoms with Gasteiger partial charge in [0.25, 0.3) is 0 Å². The summed E-state index contributed by atoms with van der Waals surface area (Å²) in [5, 5.41) is 3.21. The van der Waals surface area contributed by atoms with E-state index >= 15 is 0 Å². The molecule has 2 rings (SSSR count). The molecule has 1 aliphatic rings. The van der Waals surface area contributed by atoms with Crippen LogP contribution >= 0.6 is 0 Å². The number of benzene rings is 1. The molecule has 0 aliphatic carbocycles. The molecule has 0 radical (unpaired) electrons. The fourth-order valence-corrected chi connectivity index (χ4v) is 2.60. The van der Waals surface area contributed by atoms with Crippen LogP contribution in [0.1, 0.15) is 12.0 Å². The largest absolute Gasteiger partial charge is 0.573 e. The van der Waals surface area contributed by atoms with Gasteiger partial charge in [-0.3, -0.25) is 0 Å². The molecule has 1 atom stereocenters. The topological polar surface area (TPSA) is 49.0 Å². The summed E-state index contributed by atoms with van der Waals surface area (Å²) < 4.78 is 57.1. The molecule has 5 nitrogen and oxygen atoms in total. The molecule has 1 heterocycles. The molecule has 130 valence electrons. The lowest BCUT2D eigenvalue weighted by atomic mass is 10.0. The monoisotopic (exact) mass is 335 g/mol. The minimum absolute atomic E-state index is 0.238. The van der Waals surface area contributed by atoms with E-state index in [-0.39, 0.29) is 11.8 Å². The third-order valence-electron chi connectivity index (χ3n) is 3.79. The van der Waals surface area contributed by atoms with Gasteiger partial charge in [-0.2, -0.15) is 0 Å². The molecule has 0 spiro atoms. The van der Waals surface area contributed by atoms with Crippen molar-refractivity contribution >= 4 is 0 Å². The number of rotatable bonds is 6. The highest BCUT2D eigenvalue weighted by Gasteiger charge is 2.42. The van der Waals surface area contributed by atoms with Gasteiger partial charge in [-0.15, -0.1) is 13.2 Å². The van der Waals surface area contributed by atoms with Crippen molar-refractivity contribution in [1.82, 2.24) is 5.32 Å². The van der Waals surface area contributed by atoms with Gasteiger partial charge in [-0.1, -0.05) is 12.1 Å². The van der Waals surface area contributed by atoms with E-state index in [4.69, 9.17) is 14.2 Å². The van der Waals surface area contributed by atoms with Crippen LogP contribution in [0.2, 0.25) is 0 Å². The first-order chi connectivity index (χ1) is 10.9. The van der Waals surface area contributed by atoms with Gasteiger partial charge in [0.2, 0.25) is 0 Å². The third kappa shape index (κ3) is 4.81. The molecule has 1 unspecified atom stereocenters. The second-order valence-electron chi connectivity index (χ2n) is 5.17. The van der Waals surface area contributed by atoms with Crippen molar-refractivity contribution < 1.29 is 32.1 Å². The molecule has 0 amide bonds. The number of methoxy groups -OCH3 is 2. The van der Waals surface area contributed by atoms with E-state index in [1.54, 1.807) is 20.3 Å². The highest BCUT2D eigenvalue weighted by Crippen LogP contribution is 2.27. The van der Waals surface area contributed by atoms with Crippen LogP contribution in [0.3, 0.4) is 0 Å². The summed E-state index contributed by atoms with van der Waals surface area (Å²) in [6.07, 6.45) is -4.14. The van der Waals surface area contributed by atoms with Crippen LogP contribution in [0.15, 0.2) is 24.3 Å². The Morgan fingerprint density at radius 3 is 2.70 bits per heavy atom. The molecule has 1 N–H and O–H groups in total. The first-order valence-corrected chi connectivity index (χ1v) is 7.14. The zero-order valence-electron chi connectivity index (χ0n) is 13.0. The number of hydrogen-bond donors (Lipinski definition) is 1. The summed E-state index contributed by atoms with van der Waals surface area (Å²) in [6, 6.07) is 5.58. The normalized spacial score (nSPS) is 21.2. The fourth-order valence-electron chi connectivity index (χ4n) is 2.60. The molecule has 1 saturated heterocycles. The Bertz CT molecular complexity index is 506. The smallest absolute Gasteiger partial charge is 0.406 e. The van der Waals surface area contributed by atoms with Gasteiger partial charge in [0.05, 0.1) is 19.3 Å². The first-order valence-electron chi connectivity index (χ1n) is 7.14. The third-order valence-corrected chi connectivity index (χ3v) is 3.79. The summed E-state index contributed by atoms with van der Waals surface area (Å²) in [6.45, 7) is 1.24. The number of halogens is 3. The second kappa shape index (κ2) is 7.48. The summed E-state index contributed by atoms with van der Waals surface area (Å²) in [5.41, 5.74) is 0.651. The van der Waals surface area contributed by atoms with E-state index in [0.717, 1.165) is 0 Å². The highest BCUT2D eigenvalue weighted by atomic mass is 19.4. The number of alkyl halides is 3. The van der Waals surface area contributed by atoms with Crippen LogP contribution in [0.4, 0.5) is 13.2 Å². The van der Waals surface area contributed by atoms with Crippen LogP contribution < -0.4 is 10.1 Å². The van der Waals surface area contributed by atoms with Gasteiger partial charge in [0.15, 0.2) is 5.79 Å². The molecule has 23 heavy (non-hydrogen) atoms. The predicted octanol–water partition coefficient (Wildman–Crippen LogP) is 2.45. The summed E-state index contributed by atoms with van der Waals surface area (Å²) in [7, 11) is 3.11. The van der Waals surface area contributed by atoms with Gasteiger partial charge < -0.3 is 24.3 Å². The fraction of sp³-hybridized carbons (Fsp3) is 0.600. The van der Waals surface area contributed by atoms with Crippen LogP contribution in [-0.2, 0) is 20.8 Å². The van der Waals surface area contributed by atoms with E-state index in [1.807, 2.05) is 0 Å². The Kier molecular flexibility index (Phi) is 5.85. The van der Waals surface area contributed by atoms with Crippen molar-refractivity contribution in [3.8, 4) is 5.75 Å². The van der Waals surface area contributed by atoms with Crippen LogP contribution in [0.25, 0.3) is 0 Å². The minimum atomic E-state index is -4.70. The second-order valence-corrected chi connectivity index (χ2v) is 5.17. The number of hydrogen-bond acceptors (Lipinski definition) is 5. The van der Waals surface area contributed by atoms with Gasteiger partial charge in [0.1, 0.15) is 5.75 Å². The number of nitrogens with one attached hydrogen (secondary N) is 1. The van der Waals surface area contributed by atoms with Crippen molar-refractivity contribution in [3.05, 3.63) is 29.8 Å². The number of ether oxygens (including phenoxy) is 4. The zero-order valence-corrected chi connectivity index (χ0v) is 13.0. The molecule has 1 fully saturated rings. The van der Waals surface area contributed by atoms with Crippen molar-refractivity contribution in [2.24, 2.45) is 0 Å². The van der Waals surface area contributed by atoms with Crippen LogP contribution in [0.5, 0.6) is 5.75 Å². The van der Waals surface area contributed by atoms with Crippen molar-refractivity contribution in [1.29, 1.82) is 0 Å². The maximum absolute atomic E-state index is 12.3. The van der Waals surface area contributed by atoms with Gasteiger partial charge >= 0.3 is 6.36 Å². The Morgan fingerprint density at radius 2 is 2.04 bits per heavy atom. The van der Waals surface area contributed by atoms with Crippen LogP contribution in [-0.4, -0.2) is 45.6 Å². The maximum atomic E-state index is 12.3. The van der Waals surface area contributed by atoms with Gasteiger partial charge in [0, 0.05) is 27.2 Å². The SMILES string of the molecule is COC1(OC)CCOCC1NCc1cccc(OC(F)(F)F)c1. The predicted molar refractivity (Wildman–Crippen MR) is 75.9 cm³/mol. The van der Waals surface area contributed by atoms with Crippen molar-refractivity contribution in [2.45, 2.75) is 31.2 Å². The maximum Gasteiger partial charge on any atom is 0.573 e. The average Bonchev–Trinajstić information content (AvgIpc) is 2.52. The summed E-state index contributed by atoms with van der Waals surface area (Å²) in [4.78, 5) is 0.